The van der Waals surface area contributed by atoms with Crippen LogP contribution in [0.25, 0.3) is 0 Å². The van der Waals surface area contributed by atoms with Crippen LogP contribution in [0.1, 0.15) is 39.5 Å². The van der Waals surface area contributed by atoms with Crippen molar-refractivity contribution in [1.82, 2.24) is 0 Å². The quantitative estimate of drug-likeness (QED) is 0.705. The second-order valence-corrected chi connectivity index (χ2v) is 3.39. The Bertz CT molecular complexity index is 98.3. The van der Waals surface area contributed by atoms with Crippen LogP contribution in [0.2, 0.25) is 0 Å². The van der Waals surface area contributed by atoms with Crippen molar-refractivity contribution in [3.05, 3.63) is 0 Å². The van der Waals surface area contributed by atoms with Crippen LogP contribution >= 0.6 is 0 Å². The smallest absolute Gasteiger partial charge is 0.0742 e. The molecular formula is C10H22O3. The first kappa shape index (κ1) is 12.9. The van der Waals surface area contributed by atoms with Gasteiger partial charge in [0.05, 0.1) is 18.8 Å². The van der Waals surface area contributed by atoms with Crippen molar-refractivity contribution in [3.63, 3.8) is 0 Å². The highest BCUT2D eigenvalue weighted by atomic mass is 16.5. The lowest BCUT2D eigenvalue weighted by Gasteiger charge is -2.06. The summed E-state index contributed by atoms with van der Waals surface area (Å²) in [5, 5.41) is 16.0. The summed E-state index contributed by atoms with van der Waals surface area (Å²) in [5.74, 6) is 0. The van der Waals surface area contributed by atoms with Crippen LogP contribution in [0.15, 0.2) is 0 Å². The van der Waals surface area contributed by atoms with Crippen molar-refractivity contribution in [2.75, 3.05) is 13.2 Å². The van der Waals surface area contributed by atoms with E-state index in [1.807, 2.05) is 0 Å². The van der Waals surface area contributed by atoms with Gasteiger partial charge >= 0.3 is 0 Å². The molecule has 3 heteroatoms. The molecular weight excluding hydrogens is 168 g/mol. The molecule has 0 aromatic heterocycles. The van der Waals surface area contributed by atoms with E-state index in [-0.39, 0.29) is 6.61 Å². The Balaban J connectivity index is 0.000000252. The van der Waals surface area contributed by atoms with Gasteiger partial charge in [0.2, 0.25) is 0 Å². The van der Waals surface area contributed by atoms with Gasteiger partial charge in [0.25, 0.3) is 0 Å². The molecule has 3 nitrogen and oxygen atoms in total. The van der Waals surface area contributed by atoms with Gasteiger partial charge in [-0.15, -0.1) is 0 Å². The molecule has 1 rings (SSSR count). The van der Waals surface area contributed by atoms with E-state index in [1.165, 1.54) is 32.6 Å². The zero-order valence-electron chi connectivity index (χ0n) is 8.70. The van der Waals surface area contributed by atoms with Gasteiger partial charge in [-0.2, -0.15) is 0 Å². The summed E-state index contributed by atoms with van der Waals surface area (Å²) < 4.78 is 5.40. The van der Waals surface area contributed by atoms with Gasteiger partial charge in [-0.25, -0.2) is 0 Å². The summed E-state index contributed by atoms with van der Waals surface area (Å²) in [6, 6.07) is 0. The Hall–Kier alpha value is -0.120. The highest BCUT2D eigenvalue weighted by molar-refractivity contribution is 4.65. The first-order valence-electron chi connectivity index (χ1n) is 5.11. The lowest BCUT2D eigenvalue weighted by atomic mass is 10.3. The maximum atomic E-state index is 8.11. The molecule has 0 heterocycles. The highest BCUT2D eigenvalue weighted by Gasteiger charge is 2.13. The van der Waals surface area contributed by atoms with Crippen LogP contribution in [-0.2, 0) is 4.74 Å². The SMILES string of the molecule is CC(O)CO.CCOC1CCCC1. The average molecular weight is 190 g/mol. The van der Waals surface area contributed by atoms with Gasteiger partial charge < -0.3 is 14.9 Å². The Kier molecular flexibility index (Phi) is 8.40. The van der Waals surface area contributed by atoms with E-state index in [0.717, 1.165) is 6.61 Å². The summed E-state index contributed by atoms with van der Waals surface area (Å²) in [6.45, 7) is 4.35. The second kappa shape index (κ2) is 8.48. The third-order valence-electron chi connectivity index (χ3n) is 1.97. The fraction of sp³-hybridized carbons (Fsp3) is 1.00. The van der Waals surface area contributed by atoms with Crippen LogP contribution in [0.5, 0.6) is 0 Å². The molecule has 1 fully saturated rings. The monoisotopic (exact) mass is 190 g/mol. The average Bonchev–Trinajstić information content (AvgIpc) is 2.59. The maximum absolute atomic E-state index is 8.11. The largest absolute Gasteiger partial charge is 0.394 e. The predicted octanol–water partition coefficient (Wildman–Crippen LogP) is 1.33. The second-order valence-electron chi connectivity index (χ2n) is 3.39. The minimum absolute atomic E-state index is 0.139. The van der Waals surface area contributed by atoms with Crippen LogP contribution < -0.4 is 0 Å². The van der Waals surface area contributed by atoms with Crippen LogP contribution in [0.3, 0.4) is 0 Å². The van der Waals surface area contributed by atoms with Gasteiger partial charge in [0.15, 0.2) is 0 Å². The Morgan fingerprint density at radius 3 is 2.15 bits per heavy atom. The molecule has 0 aromatic carbocycles. The Morgan fingerprint density at radius 1 is 1.38 bits per heavy atom. The molecule has 0 aliphatic heterocycles. The minimum Gasteiger partial charge on any atom is -0.394 e. The summed E-state index contributed by atoms with van der Waals surface area (Å²) in [4.78, 5) is 0. The molecule has 1 unspecified atom stereocenters. The summed E-state index contributed by atoms with van der Waals surface area (Å²) in [7, 11) is 0. The number of hydrogen-bond acceptors (Lipinski definition) is 3. The van der Waals surface area contributed by atoms with Crippen LogP contribution in [0.4, 0.5) is 0 Å². The van der Waals surface area contributed by atoms with Gasteiger partial charge in [0, 0.05) is 6.61 Å². The van der Waals surface area contributed by atoms with Crippen molar-refractivity contribution in [2.24, 2.45) is 0 Å². The van der Waals surface area contributed by atoms with Crippen LogP contribution in [0, 0.1) is 0 Å². The Labute approximate surface area is 80.7 Å². The van der Waals surface area contributed by atoms with Crippen molar-refractivity contribution < 1.29 is 14.9 Å². The molecule has 0 radical (unpaired) electrons. The summed E-state index contributed by atoms with van der Waals surface area (Å²) in [5.41, 5.74) is 0. The molecule has 0 amide bonds. The topological polar surface area (TPSA) is 49.7 Å². The standard InChI is InChI=1S/C7H14O.C3H8O2/c1-2-8-7-5-3-4-6-7;1-3(5)2-4/h7H,2-6H2,1H3;3-5H,2H2,1H3. The Morgan fingerprint density at radius 2 is 1.85 bits per heavy atom. The number of aliphatic hydroxyl groups is 2. The van der Waals surface area contributed by atoms with Gasteiger partial charge in [-0.05, 0) is 26.7 Å². The summed E-state index contributed by atoms with van der Waals surface area (Å²) in [6.07, 6.45) is 5.41. The normalized spacial score (nSPS) is 19.4. The van der Waals surface area contributed by atoms with Gasteiger partial charge in [-0.1, -0.05) is 12.8 Å². The van der Waals surface area contributed by atoms with E-state index in [9.17, 15) is 0 Å². The third-order valence-corrected chi connectivity index (χ3v) is 1.97. The number of aliphatic hydroxyl groups excluding tert-OH is 2. The molecule has 13 heavy (non-hydrogen) atoms. The van der Waals surface area contributed by atoms with E-state index in [0.29, 0.717) is 6.10 Å². The van der Waals surface area contributed by atoms with E-state index in [1.54, 1.807) is 0 Å². The summed E-state index contributed by atoms with van der Waals surface area (Å²) >= 11 is 0. The number of hydrogen-bond donors (Lipinski definition) is 2. The lowest BCUT2D eigenvalue weighted by molar-refractivity contribution is 0.0685. The molecule has 0 aromatic rings. The number of rotatable bonds is 3. The van der Waals surface area contributed by atoms with Gasteiger partial charge in [-0.3, -0.25) is 0 Å². The molecule has 1 atom stereocenters. The van der Waals surface area contributed by atoms with Gasteiger partial charge in [0.1, 0.15) is 0 Å². The fourth-order valence-corrected chi connectivity index (χ4v) is 1.29. The molecule has 0 saturated heterocycles. The molecule has 0 bridgehead atoms. The molecule has 0 spiro atoms. The molecule has 80 valence electrons. The van der Waals surface area contributed by atoms with Crippen molar-refractivity contribution in [2.45, 2.75) is 51.7 Å². The minimum atomic E-state index is -0.560. The third kappa shape index (κ3) is 8.22. The first-order chi connectivity index (χ1) is 6.20. The predicted molar refractivity (Wildman–Crippen MR) is 52.6 cm³/mol. The van der Waals surface area contributed by atoms with Crippen LogP contribution in [-0.4, -0.2) is 35.6 Å². The first-order valence-corrected chi connectivity index (χ1v) is 5.11. The van der Waals surface area contributed by atoms with E-state index < -0.39 is 6.10 Å². The molecule has 2 N–H and O–H groups in total. The molecule has 1 aliphatic carbocycles. The maximum Gasteiger partial charge on any atom is 0.0742 e. The lowest BCUT2D eigenvalue weighted by Crippen LogP contribution is -2.05. The molecule has 1 aliphatic rings. The number of ether oxygens (including phenoxy) is 1. The highest BCUT2D eigenvalue weighted by Crippen LogP contribution is 2.20. The van der Waals surface area contributed by atoms with E-state index in [2.05, 4.69) is 6.92 Å². The van der Waals surface area contributed by atoms with E-state index >= 15 is 0 Å². The van der Waals surface area contributed by atoms with Crippen molar-refractivity contribution in [3.8, 4) is 0 Å². The molecule has 1 saturated carbocycles. The zero-order valence-corrected chi connectivity index (χ0v) is 8.70. The van der Waals surface area contributed by atoms with Crippen molar-refractivity contribution in [1.29, 1.82) is 0 Å². The zero-order chi connectivity index (χ0) is 10.1. The van der Waals surface area contributed by atoms with E-state index in [4.69, 9.17) is 14.9 Å². The fourth-order valence-electron chi connectivity index (χ4n) is 1.29. The van der Waals surface area contributed by atoms with Crippen molar-refractivity contribution >= 4 is 0 Å².